The molecule has 0 bridgehead atoms. The van der Waals surface area contributed by atoms with Crippen LogP contribution in [-0.4, -0.2) is 15.3 Å². The van der Waals surface area contributed by atoms with Crippen molar-refractivity contribution in [2.45, 2.75) is 20.4 Å². The Morgan fingerprint density at radius 2 is 2.11 bits per heavy atom. The van der Waals surface area contributed by atoms with Gasteiger partial charge in [0.1, 0.15) is 0 Å². The average molecular weight is 264 g/mol. The molecule has 0 radical (unpaired) electrons. The number of nitrogens with zero attached hydrogens (tertiary/aromatic N) is 1. The molecular formula is C12H12N2O3S. The number of hydrogen-bond acceptors (Lipinski definition) is 4. The summed E-state index contributed by atoms with van der Waals surface area (Å²) in [5.41, 5.74) is -0.401. The third-order valence-electron chi connectivity index (χ3n) is 2.55. The Morgan fingerprint density at radius 3 is 2.67 bits per heavy atom. The Balaban J connectivity index is 2.29. The zero-order valence-electron chi connectivity index (χ0n) is 10.0. The largest absolute Gasteiger partial charge is 0.328 e. The number of rotatable bonds is 3. The first-order valence-corrected chi connectivity index (χ1v) is 6.19. The smallest absolute Gasteiger partial charge is 0.293 e. The van der Waals surface area contributed by atoms with Crippen molar-refractivity contribution >= 4 is 17.1 Å². The van der Waals surface area contributed by atoms with E-state index in [2.05, 4.69) is 4.98 Å². The lowest BCUT2D eigenvalue weighted by Crippen LogP contribution is -2.30. The summed E-state index contributed by atoms with van der Waals surface area (Å²) >= 11 is 1.55. The summed E-state index contributed by atoms with van der Waals surface area (Å²) in [7, 11) is 0. The highest BCUT2D eigenvalue weighted by molar-refractivity contribution is 7.12. The van der Waals surface area contributed by atoms with Crippen LogP contribution in [0.4, 0.5) is 0 Å². The van der Waals surface area contributed by atoms with Crippen LogP contribution in [-0.2, 0) is 6.54 Å². The van der Waals surface area contributed by atoms with Crippen LogP contribution in [0.2, 0.25) is 0 Å². The number of Topliss-reactive ketones (excluding diaryl/α,β-unsaturated/α-hetero) is 1. The zero-order chi connectivity index (χ0) is 13.3. The van der Waals surface area contributed by atoms with E-state index in [1.165, 1.54) is 16.8 Å². The lowest BCUT2D eigenvalue weighted by Gasteiger charge is -2.03. The van der Waals surface area contributed by atoms with Crippen molar-refractivity contribution < 1.29 is 4.79 Å². The maximum absolute atomic E-state index is 12.0. The molecule has 18 heavy (non-hydrogen) atoms. The summed E-state index contributed by atoms with van der Waals surface area (Å²) in [4.78, 5) is 38.5. The number of aromatic amines is 1. The first kappa shape index (κ1) is 12.5. The van der Waals surface area contributed by atoms with Crippen LogP contribution in [0.25, 0.3) is 0 Å². The number of H-pyrrole nitrogens is 1. The molecule has 0 fully saturated rings. The van der Waals surface area contributed by atoms with E-state index in [-0.39, 0.29) is 12.3 Å². The van der Waals surface area contributed by atoms with Crippen LogP contribution in [0.3, 0.4) is 0 Å². The highest BCUT2D eigenvalue weighted by Gasteiger charge is 2.13. The summed E-state index contributed by atoms with van der Waals surface area (Å²) in [6.45, 7) is 3.74. The van der Waals surface area contributed by atoms with Crippen molar-refractivity contribution in [3.05, 3.63) is 54.5 Å². The van der Waals surface area contributed by atoms with Crippen molar-refractivity contribution in [1.29, 1.82) is 0 Å². The summed E-state index contributed by atoms with van der Waals surface area (Å²) in [5.74, 6) is -0.133. The number of aromatic nitrogens is 2. The Kier molecular flexibility index (Phi) is 3.29. The number of nitrogens with one attached hydrogen (secondary N) is 1. The molecule has 2 heterocycles. The van der Waals surface area contributed by atoms with Gasteiger partial charge in [-0.15, -0.1) is 11.3 Å². The SMILES string of the molecule is Cc1cc(C(=O)Cn2ccc(=O)[nH]c2=O)c(C)s1. The number of carbonyl (C=O) groups is 1. The maximum atomic E-state index is 12.0. The fourth-order valence-electron chi connectivity index (χ4n) is 1.72. The Hall–Kier alpha value is -1.95. The van der Waals surface area contributed by atoms with E-state index in [1.807, 2.05) is 19.9 Å². The van der Waals surface area contributed by atoms with Crippen LogP contribution in [0.15, 0.2) is 27.9 Å². The lowest BCUT2D eigenvalue weighted by molar-refractivity contribution is 0.0970. The van der Waals surface area contributed by atoms with Gasteiger partial charge in [-0.25, -0.2) is 4.79 Å². The summed E-state index contributed by atoms with van der Waals surface area (Å²) in [6, 6.07) is 3.04. The van der Waals surface area contributed by atoms with E-state index in [1.54, 1.807) is 11.3 Å². The maximum Gasteiger partial charge on any atom is 0.328 e. The van der Waals surface area contributed by atoms with Gasteiger partial charge in [0.25, 0.3) is 5.56 Å². The van der Waals surface area contributed by atoms with Gasteiger partial charge in [-0.2, -0.15) is 0 Å². The second-order valence-electron chi connectivity index (χ2n) is 3.99. The molecule has 2 rings (SSSR count). The molecule has 2 aromatic rings. The Bertz CT molecular complexity index is 709. The fraction of sp³-hybridized carbons (Fsp3) is 0.250. The highest BCUT2D eigenvalue weighted by Crippen LogP contribution is 2.21. The minimum absolute atomic E-state index is 0.0629. The quantitative estimate of drug-likeness (QED) is 0.844. The molecule has 0 atom stereocenters. The number of thiophene rings is 1. The molecule has 0 aliphatic carbocycles. The molecular weight excluding hydrogens is 252 g/mol. The minimum Gasteiger partial charge on any atom is -0.293 e. The van der Waals surface area contributed by atoms with E-state index in [4.69, 9.17) is 0 Å². The van der Waals surface area contributed by atoms with Gasteiger partial charge >= 0.3 is 5.69 Å². The standard InChI is InChI=1S/C12H12N2O3S/c1-7-5-9(8(2)18-7)10(15)6-14-4-3-11(16)13-12(14)17/h3-5H,6H2,1-2H3,(H,13,16,17). The molecule has 2 aromatic heterocycles. The van der Waals surface area contributed by atoms with E-state index >= 15 is 0 Å². The average Bonchev–Trinajstić information content (AvgIpc) is 2.62. The monoisotopic (exact) mass is 264 g/mol. The molecule has 94 valence electrons. The molecule has 0 spiro atoms. The van der Waals surface area contributed by atoms with E-state index in [0.29, 0.717) is 5.56 Å². The number of carbonyl (C=O) groups excluding carboxylic acids is 1. The summed E-state index contributed by atoms with van der Waals surface area (Å²) < 4.78 is 1.19. The molecule has 0 aliphatic rings. The van der Waals surface area contributed by atoms with Gasteiger partial charge < -0.3 is 0 Å². The normalized spacial score (nSPS) is 10.6. The topological polar surface area (TPSA) is 71.9 Å². The van der Waals surface area contributed by atoms with Crippen LogP contribution >= 0.6 is 11.3 Å². The molecule has 0 aliphatic heterocycles. The van der Waals surface area contributed by atoms with Crippen molar-refractivity contribution in [3.63, 3.8) is 0 Å². The van der Waals surface area contributed by atoms with Gasteiger partial charge in [0.15, 0.2) is 5.78 Å². The molecule has 0 amide bonds. The minimum atomic E-state index is -0.569. The Labute approximate surface area is 107 Å². The van der Waals surface area contributed by atoms with E-state index in [9.17, 15) is 14.4 Å². The molecule has 0 unspecified atom stereocenters. The van der Waals surface area contributed by atoms with Gasteiger partial charge in [-0.3, -0.25) is 19.1 Å². The zero-order valence-corrected chi connectivity index (χ0v) is 10.8. The third-order valence-corrected chi connectivity index (χ3v) is 3.52. The summed E-state index contributed by atoms with van der Waals surface area (Å²) in [6.07, 6.45) is 1.33. The molecule has 1 N–H and O–H groups in total. The van der Waals surface area contributed by atoms with Crippen LogP contribution in [0.1, 0.15) is 20.1 Å². The van der Waals surface area contributed by atoms with Crippen molar-refractivity contribution in [1.82, 2.24) is 9.55 Å². The predicted octanol–water partition coefficient (Wildman–Crippen LogP) is 1.10. The van der Waals surface area contributed by atoms with Crippen LogP contribution in [0.5, 0.6) is 0 Å². The van der Waals surface area contributed by atoms with Crippen LogP contribution in [0, 0.1) is 13.8 Å². The highest BCUT2D eigenvalue weighted by atomic mass is 32.1. The first-order chi connectivity index (χ1) is 8.47. The third kappa shape index (κ3) is 2.48. The molecule has 5 nitrogen and oxygen atoms in total. The fourth-order valence-corrected chi connectivity index (χ4v) is 2.66. The first-order valence-electron chi connectivity index (χ1n) is 5.37. The predicted molar refractivity (Wildman–Crippen MR) is 69.4 cm³/mol. The molecule has 6 heteroatoms. The lowest BCUT2D eigenvalue weighted by atomic mass is 10.1. The molecule has 0 aromatic carbocycles. The number of aryl methyl sites for hydroxylation is 2. The van der Waals surface area contributed by atoms with Gasteiger partial charge in [-0.1, -0.05) is 0 Å². The van der Waals surface area contributed by atoms with Gasteiger partial charge in [0, 0.05) is 27.6 Å². The van der Waals surface area contributed by atoms with E-state index in [0.717, 1.165) is 9.75 Å². The summed E-state index contributed by atoms with van der Waals surface area (Å²) in [5, 5.41) is 0. The van der Waals surface area contributed by atoms with Gasteiger partial charge in [-0.05, 0) is 19.9 Å². The number of hydrogen-bond donors (Lipinski definition) is 1. The van der Waals surface area contributed by atoms with Crippen LogP contribution < -0.4 is 11.2 Å². The van der Waals surface area contributed by atoms with Crippen molar-refractivity contribution in [2.24, 2.45) is 0 Å². The second kappa shape index (κ2) is 4.73. The Morgan fingerprint density at radius 1 is 1.39 bits per heavy atom. The molecule has 0 saturated heterocycles. The van der Waals surface area contributed by atoms with E-state index < -0.39 is 11.2 Å². The van der Waals surface area contributed by atoms with Crippen molar-refractivity contribution in [3.8, 4) is 0 Å². The van der Waals surface area contributed by atoms with Gasteiger partial charge in [0.05, 0.1) is 6.54 Å². The van der Waals surface area contributed by atoms with Gasteiger partial charge in [0.2, 0.25) is 0 Å². The van der Waals surface area contributed by atoms with Crippen molar-refractivity contribution in [2.75, 3.05) is 0 Å². The molecule has 0 saturated carbocycles. The second-order valence-corrected chi connectivity index (χ2v) is 5.45. The number of ketones is 1.